The summed E-state index contributed by atoms with van der Waals surface area (Å²) < 4.78 is 0. The number of anilines is 1. The first kappa shape index (κ1) is 13.9. The van der Waals surface area contributed by atoms with Crippen LogP contribution in [0, 0.1) is 13.8 Å². The van der Waals surface area contributed by atoms with Crippen LogP contribution in [-0.2, 0) is 0 Å². The summed E-state index contributed by atoms with van der Waals surface area (Å²) >= 11 is 1.37. The number of thiophene rings is 1. The second-order valence-corrected chi connectivity index (χ2v) is 7.37. The van der Waals surface area contributed by atoms with Crippen molar-refractivity contribution in [3.63, 3.8) is 0 Å². The zero-order chi connectivity index (χ0) is 15.6. The molecule has 22 heavy (non-hydrogen) atoms. The van der Waals surface area contributed by atoms with Gasteiger partial charge in [0.2, 0.25) is 0 Å². The quantitative estimate of drug-likeness (QED) is 0.861. The van der Waals surface area contributed by atoms with Crippen LogP contribution in [0.25, 0.3) is 10.2 Å². The molecule has 2 bridgehead atoms. The van der Waals surface area contributed by atoms with E-state index in [1.807, 2.05) is 18.7 Å². The lowest BCUT2D eigenvalue weighted by Gasteiger charge is -2.31. The van der Waals surface area contributed by atoms with Gasteiger partial charge in [-0.1, -0.05) is 0 Å². The van der Waals surface area contributed by atoms with Crippen LogP contribution >= 0.6 is 11.3 Å². The summed E-state index contributed by atoms with van der Waals surface area (Å²) in [6.07, 6.45) is 1.07. The van der Waals surface area contributed by atoms with Crippen LogP contribution < -0.4 is 5.73 Å². The Hall–Kier alpha value is -1.73. The molecule has 1 amide bonds. The van der Waals surface area contributed by atoms with E-state index in [-0.39, 0.29) is 5.91 Å². The molecule has 2 atom stereocenters. The van der Waals surface area contributed by atoms with Crippen LogP contribution in [0.1, 0.15) is 27.3 Å². The van der Waals surface area contributed by atoms with Crippen molar-refractivity contribution in [3.05, 3.63) is 16.1 Å². The number of nitrogens with zero attached hydrogens (tertiary/aromatic N) is 4. The molecule has 0 radical (unpaired) electrons. The lowest BCUT2D eigenvalue weighted by Crippen LogP contribution is -2.47. The number of fused-ring (bicyclic) bond motifs is 3. The van der Waals surface area contributed by atoms with Crippen molar-refractivity contribution in [2.75, 3.05) is 25.9 Å². The molecule has 0 aliphatic carbocycles. The number of aryl methyl sites for hydroxylation is 2. The summed E-state index contributed by atoms with van der Waals surface area (Å²) in [4.78, 5) is 18.6. The number of nitrogen functional groups attached to an aromatic ring is 1. The fourth-order valence-electron chi connectivity index (χ4n) is 3.64. The largest absolute Gasteiger partial charge is 0.397 e. The van der Waals surface area contributed by atoms with Crippen molar-refractivity contribution in [1.29, 1.82) is 0 Å². The average molecular weight is 317 g/mol. The fourth-order valence-corrected chi connectivity index (χ4v) is 4.70. The third kappa shape index (κ3) is 1.78. The van der Waals surface area contributed by atoms with Crippen LogP contribution in [0.15, 0.2) is 0 Å². The number of hydrogen-bond donors (Lipinski definition) is 1. The highest BCUT2D eigenvalue weighted by Gasteiger charge is 2.44. The zero-order valence-corrected chi connectivity index (χ0v) is 13.8. The Morgan fingerprint density at radius 3 is 2.68 bits per heavy atom. The van der Waals surface area contributed by atoms with E-state index in [0.717, 1.165) is 41.0 Å². The van der Waals surface area contributed by atoms with Gasteiger partial charge in [0.25, 0.3) is 5.91 Å². The van der Waals surface area contributed by atoms with E-state index < -0.39 is 0 Å². The summed E-state index contributed by atoms with van der Waals surface area (Å²) in [7, 11) is 2.13. The summed E-state index contributed by atoms with van der Waals surface area (Å²) in [6.45, 7) is 5.66. The van der Waals surface area contributed by atoms with Crippen molar-refractivity contribution >= 4 is 33.1 Å². The van der Waals surface area contributed by atoms with E-state index in [1.54, 1.807) is 0 Å². The first-order valence-corrected chi connectivity index (χ1v) is 8.32. The van der Waals surface area contributed by atoms with E-state index in [4.69, 9.17) is 5.73 Å². The fraction of sp³-hybridized carbons (Fsp3) is 0.533. The van der Waals surface area contributed by atoms with E-state index >= 15 is 0 Å². The highest BCUT2D eigenvalue weighted by molar-refractivity contribution is 7.21. The minimum Gasteiger partial charge on any atom is -0.397 e. The number of carbonyl (C=O) groups is 1. The number of hydrogen-bond acceptors (Lipinski definition) is 6. The molecular weight excluding hydrogens is 298 g/mol. The number of likely N-dealkylation sites (N-methyl/N-ethyl adjacent to an activating group) is 1. The van der Waals surface area contributed by atoms with Crippen molar-refractivity contribution in [2.45, 2.75) is 32.4 Å². The minimum atomic E-state index is 0.0538. The normalized spacial score (nSPS) is 24.6. The number of likely N-dealkylation sites (tertiary alicyclic amines) is 2. The second-order valence-electron chi connectivity index (χ2n) is 6.38. The summed E-state index contributed by atoms with van der Waals surface area (Å²) in [6, 6.07) is 0.814. The van der Waals surface area contributed by atoms with Crippen LogP contribution in [0.5, 0.6) is 0 Å². The lowest BCUT2D eigenvalue weighted by molar-refractivity contribution is 0.0656. The Morgan fingerprint density at radius 2 is 2.05 bits per heavy atom. The van der Waals surface area contributed by atoms with E-state index in [0.29, 0.717) is 22.6 Å². The third-order valence-electron chi connectivity index (χ3n) is 5.10. The summed E-state index contributed by atoms with van der Waals surface area (Å²) in [5.74, 6) is 0.0538. The van der Waals surface area contributed by atoms with Gasteiger partial charge < -0.3 is 10.6 Å². The van der Waals surface area contributed by atoms with Crippen molar-refractivity contribution in [1.82, 2.24) is 20.0 Å². The predicted octanol–water partition coefficient (Wildman–Crippen LogP) is 1.42. The molecule has 4 heterocycles. The molecule has 6 nitrogen and oxygen atoms in total. The smallest absolute Gasteiger partial charge is 0.266 e. The molecule has 7 heteroatoms. The molecule has 2 aromatic rings. The molecule has 2 N–H and O–H groups in total. The standard InChI is InChI=1S/C15H19N5OS/c1-7-8(2)17-18-14-11(7)12(16)13(22-14)15(21)20-6-9-4-10(20)5-19(9)3/h9-10H,4-6,16H2,1-3H3. The SMILES string of the molecule is Cc1nnc2sc(C(=O)N3CC4CC3CN4C)c(N)c2c1C. The van der Waals surface area contributed by atoms with Gasteiger partial charge in [0.15, 0.2) is 0 Å². The second kappa shape index (κ2) is 4.63. The molecule has 4 rings (SSSR count). The van der Waals surface area contributed by atoms with E-state index in [9.17, 15) is 4.79 Å². The Labute approximate surface area is 132 Å². The Balaban J connectivity index is 1.74. The third-order valence-corrected chi connectivity index (χ3v) is 6.18. The van der Waals surface area contributed by atoms with E-state index in [2.05, 4.69) is 22.1 Å². The molecule has 0 spiro atoms. The highest BCUT2D eigenvalue weighted by Crippen LogP contribution is 2.38. The molecule has 2 aliphatic heterocycles. The van der Waals surface area contributed by atoms with Crippen molar-refractivity contribution in [3.8, 4) is 0 Å². The maximum Gasteiger partial charge on any atom is 0.266 e. The summed E-state index contributed by atoms with van der Waals surface area (Å²) in [5, 5.41) is 9.23. The Morgan fingerprint density at radius 1 is 1.27 bits per heavy atom. The maximum absolute atomic E-state index is 12.9. The topological polar surface area (TPSA) is 75.4 Å². The number of rotatable bonds is 1. The number of carbonyl (C=O) groups excluding carboxylic acids is 1. The molecule has 2 aliphatic rings. The molecule has 116 valence electrons. The van der Waals surface area contributed by atoms with Crippen LogP contribution in [0.4, 0.5) is 5.69 Å². The van der Waals surface area contributed by atoms with Crippen molar-refractivity contribution in [2.24, 2.45) is 0 Å². The number of amides is 1. The van der Waals surface area contributed by atoms with E-state index in [1.165, 1.54) is 11.3 Å². The van der Waals surface area contributed by atoms with Crippen molar-refractivity contribution < 1.29 is 4.79 Å². The van der Waals surface area contributed by atoms with Gasteiger partial charge in [-0.2, -0.15) is 5.10 Å². The first-order chi connectivity index (χ1) is 10.5. The van der Waals surface area contributed by atoms with Gasteiger partial charge in [-0.25, -0.2) is 0 Å². The molecule has 0 saturated carbocycles. The highest BCUT2D eigenvalue weighted by atomic mass is 32.1. The number of aromatic nitrogens is 2. The number of nitrogens with two attached hydrogens (primary N) is 1. The predicted molar refractivity (Wildman–Crippen MR) is 87.2 cm³/mol. The molecule has 0 aromatic carbocycles. The van der Waals surface area contributed by atoms with Gasteiger partial charge in [-0.3, -0.25) is 9.69 Å². The molecule has 2 fully saturated rings. The maximum atomic E-state index is 12.9. The van der Waals surface area contributed by atoms with Gasteiger partial charge in [-0.15, -0.1) is 16.4 Å². The average Bonchev–Trinajstić information content (AvgIpc) is 3.14. The Kier molecular flexibility index (Phi) is 2.93. The molecule has 2 saturated heterocycles. The van der Waals surface area contributed by atoms with Crippen LogP contribution in [0.3, 0.4) is 0 Å². The molecule has 2 aromatic heterocycles. The monoisotopic (exact) mass is 317 g/mol. The van der Waals surface area contributed by atoms with Gasteiger partial charge in [0.05, 0.1) is 11.4 Å². The zero-order valence-electron chi connectivity index (χ0n) is 13.0. The van der Waals surface area contributed by atoms with Crippen LogP contribution in [0.2, 0.25) is 0 Å². The van der Waals surface area contributed by atoms with Gasteiger partial charge in [-0.05, 0) is 32.9 Å². The lowest BCUT2D eigenvalue weighted by atomic mass is 10.1. The minimum absolute atomic E-state index is 0.0538. The summed E-state index contributed by atoms with van der Waals surface area (Å²) in [5.41, 5.74) is 8.73. The van der Waals surface area contributed by atoms with Crippen LogP contribution in [-0.4, -0.2) is 58.1 Å². The first-order valence-electron chi connectivity index (χ1n) is 7.50. The molecule has 2 unspecified atom stereocenters. The molecular formula is C15H19N5OS. The van der Waals surface area contributed by atoms with Gasteiger partial charge in [0, 0.05) is 30.6 Å². The van der Waals surface area contributed by atoms with Gasteiger partial charge >= 0.3 is 0 Å². The number of piperazine rings is 1. The Bertz CT molecular complexity index is 784. The van der Waals surface area contributed by atoms with Gasteiger partial charge in [0.1, 0.15) is 9.71 Å².